The monoisotopic (exact) mass is 342 g/mol. The molecule has 2 aromatic rings. The lowest BCUT2D eigenvalue weighted by molar-refractivity contribution is -0.135. The summed E-state index contributed by atoms with van der Waals surface area (Å²) >= 11 is 0. The van der Waals surface area contributed by atoms with E-state index in [4.69, 9.17) is 9.84 Å². The van der Waals surface area contributed by atoms with Gasteiger partial charge in [-0.05, 0) is 23.3 Å². The van der Waals surface area contributed by atoms with Crippen LogP contribution >= 0.6 is 0 Å². The minimum absolute atomic E-state index is 0.0158. The van der Waals surface area contributed by atoms with Crippen LogP contribution in [-0.4, -0.2) is 37.2 Å². The third-order valence-corrected chi connectivity index (χ3v) is 3.61. The van der Waals surface area contributed by atoms with Crippen LogP contribution in [0.25, 0.3) is 0 Å². The number of para-hydroxylation sites is 1. The lowest BCUT2D eigenvalue weighted by Gasteiger charge is -2.22. The fourth-order valence-corrected chi connectivity index (χ4v) is 2.39. The second kappa shape index (κ2) is 9.44. The number of methoxy groups -OCH3 is 1. The van der Waals surface area contributed by atoms with E-state index in [1.807, 2.05) is 42.5 Å². The van der Waals surface area contributed by atoms with Crippen molar-refractivity contribution < 1.29 is 19.4 Å². The Morgan fingerprint density at radius 3 is 2.24 bits per heavy atom. The van der Waals surface area contributed by atoms with Gasteiger partial charge in [0.15, 0.2) is 0 Å². The average molecular weight is 342 g/mol. The molecular formula is C19H22N2O4. The van der Waals surface area contributed by atoms with Gasteiger partial charge in [-0.1, -0.05) is 42.5 Å². The number of rotatable bonds is 9. The van der Waals surface area contributed by atoms with E-state index in [2.05, 4.69) is 5.32 Å². The third-order valence-electron chi connectivity index (χ3n) is 3.61. The Morgan fingerprint density at radius 2 is 1.64 bits per heavy atom. The maximum Gasteiger partial charge on any atom is 0.323 e. The van der Waals surface area contributed by atoms with E-state index in [1.165, 1.54) is 4.90 Å². The molecule has 0 heterocycles. The lowest BCUT2D eigenvalue weighted by atomic mass is 10.1. The molecule has 2 rings (SSSR count). The smallest absolute Gasteiger partial charge is 0.323 e. The fourth-order valence-electron chi connectivity index (χ4n) is 2.39. The summed E-state index contributed by atoms with van der Waals surface area (Å²) in [4.78, 5) is 24.8. The Bertz CT molecular complexity index is 686. The van der Waals surface area contributed by atoms with Crippen LogP contribution in [0.15, 0.2) is 54.6 Å². The molecule has 0 fully saturated rings. The number of amides is 1. The number of carboxylic acid groups (broad SMARTS) is 1. The zero-order chi connectivity index (χ0) is 18.1. The Hall–Kier alpha value is -2.86. The molecule has 0 aromatic heterocycles. The number of anilines is 1. The summed E-state index contributed by atoms with van der Waals surface area (Å²) in [5, 5.41) is 11.9. The van der Waals surface area contributed by atoms with E-state index >= 15 is 0 Å². The summed E-state index contributed by atoms with van der Waals surface area (Å²) in [6, 6.07) is 16.8. The van der Waals surface area contributed by atoms with Crippen molar-refractivity contribution in [2.24, 2.45) is 0 Å². The predicted molar refractivity (Wildman–Crippen MR) is 95.3 cm³/mol. The van der Waals surface area contributed by atoms with E-state index in [1.54, 1.807) is 19.2 Å². The first-order chi connectivity index (χ1) is 12.1. The molecular weight excluding hydrogens is 320 g/mol. The maximum atomic E-state index is 12.2. The van der Waals surface area contributed by atoms with E-state index in [-0.39, 0.29) is 19.0 Å². The van der Waals surface area contributed by atoms with Crippen LogP contribution in [0.2, 0.25) is 0 Å². The second-order valence-corrected chi connectivity index (χ2v) is 5.61. The van der Waals surface area contributed by atoms with Gasteiger partial charge in [0.1, 0.15) is 6.54 Å². The Kier molecular flexibility index (Phi) is 6.98. The van der Waals surface area contributed by atoms with Gasteiger partial charge >= 0.3 is 5.97 Å². The van der Waals surface area contributed by atoms with Crippen molar-refractivity contribution in [2.45, 2.75) is 13.2 Å². The topological polar surface area (TPSA) is 78.9 Å². The molecule has 0 saturated heterocycles. The zero-order valence-corrected chi connectivity index (χ0v) is 14.1. The Labute approximate surface area is 147 Å². The predicted octanol–water partition coefficient (Wildman–Crippen LogP) is 2.04. The Morgan fingerprint density at radius 1 is 1.00 bits per heavy atom. The van der Waals surface area contributed by atoms with Crippen LogP contribution in [0.5, 0.6) is 0 Å². The molecule has 0 unspecified atom stereocenters. The molecule has 132 valence electrons. The highest BCUT2D eigenvalue weighted by atomic mass is 16.5. The molecule has 0 bridgehead atoms. The summed E-state index contributed by atoms with van der Waals surface area (Å²) in [5.41, 5.74) is 2.73. The second-order valence-electron chi connectivity index (χ2n) is 5.61. The number of nitrogens with one attached hydrogen (secondary N) is 1. The van der Waals surface area contributed by atoms with Crippen LogP contribution in [0, 0.1) is 0 Å². The quantitative estimate of drug-likeness (QED) is 0.729. The molecule has 0 saturated carbocycles. The van der Waals surface area contributed by atoms with Crippen LogP contribution in [-0.2, 0) is 27.5 Å². The van der Waals surface area contributed by atoms with Gasteiger partial charge in [0.25, 0.3) is 0 Å². The van der Waals surface area contributed by atoms with Crippen molar-refractivity contribution in [3.05, 3.63) is 65.7 Å². The molecule has 0 aliphatic carbocycles. The minimum Gasteiger partial charge on any atom is -0.480 e. The molecule has 25 heavy (non-hydrogen) atoms. The van der Waals surface area contributed by atoms with Gasteiger partial charge in [0.2, 0.25) is 5.91 Å². The molecule has 0 aliphatic heterocycles. The number of hydrogen-bond donors (Lipinski definition) is 2. The first kappa shape index (κ1) is 18.5. The molecule has 0 atom stereocenters. The minimum atomic E-state index is -0.981. The number of nitrogens with zero attached hydrogens (tertiary/aromatic N) is 1. The number of carbonyl (C=O) groups excluding carboxylic acids is 1. The van der Waals surface area contributed by atoms with E-state index in [0.29, 0.717) is 18.8 Å². The van der Waals surface area contributed by atoms with Gasteiger partial charge in [-0.2, -0.15) is 0 Å². The molecule has 6 nitrogen and oxygen atoms in total. The maximum absolute atomic E-state index is 12.2. The highest BCUT2D eigenvalue weighted by Crippen LogP contribution is 2.12. The molecule has 0 aliphatic rings. The number of carboxylic acids is 1. The molecule has 2 N–H and O–H groups in total. The zero-order valence-electron chi connectivity index (χ0n) is 14.1. The van der Waals surface area contributed by atoms with Crippen molar-refractivity contribution in [2.75, 3.05) is 25.1 Å². The molecule has 0 spiro atoms. The number of aliphatic carboxylic acids is 1. The number of ether oxygens (including phenoxy) is 1. The van der Waals surface area contributed by atoms with Crippen LogP contribution in [0.3, 0.4) is 0 Å². The van der Waals surface area contributed by atoms with E-state index < -0.39 is 5.97 Å². The normalized spacial score (nSPS) is 10.3. The van der Waals surface area contributed by atoms with Gasteiger partial charge in [0, 0.05) is 19.3 Å². The largest absolute Gasteiger partial charge is 0.480 e. The van der Waals surface area contributed by atoms with Gasteiger partial charge in [-0.15, -0.1) is 0 Å². The number of hydrogen-bond acceptors (Lipinski definition) is 4. The van der Waals surface area contributed by atoms with E-state index in [9.17, 15) is 9.59 Å². The molecule has 2 aromatic carbocycles. The first-order valence-corrected chi connectivity index (χ1v) is 7.93. The standard InChI is InChI=1S/C19H22N2O4/c1-25-14-16-9-7-15(8-10-16)11-20-18(22)12-21(13-19(23)24)17-5-3-2-4-6-17/h2-10H,11-14H2,1H3,(H,20,22)(H,23,24). The highest BCUT2D eigenvalue weighted by Gasteiger charge is 2.14. The lowest BCUT2D eigenvalue weighted by Crippen LogP contribution is -2.39. The average Bonchev–Trinajstić information content (AvgIpc) is 2.61. The summed E-state index contributed by atoms with van der Waals surface area (Å²) in [6.07, 6.45) is 0. The van der Waals surface area contributed by atoms with Gasteiger partial charge in [0.05, 0.1) is 13.2 Å². The number of benzene rings is 2. The summed E-state index contributed by atoms with van der Waals surface area (Å²) < 4.78 is 5.06. The summed E-state index contributed by atoms with van der Waals surface area (Å²) in [6.45, 7) is 0.691. The van der Waals surface area contributed by atoms with Crippen molar-refractivity contribution in [1.82, 2.24) is 5.32 Å². The van der Waals surface area contributed by atoms with Crippen molar-refractivity contribution in [1.29, 1.82) is 0 Å². The highest BCUT2D eigenvalue weighted by molar-refractivity contribution is 5.84. The molecule has 0 radical (unpaired) electrons. The van der Waals surface area contributed by atoms with Gasteiger partial charge in [-0.3, -0.25) is 9.59 Å². The third kappa shape index (κ3) is 6.27. The molecule has 6 heteroatoms. The summed E-state index contributed by atoms with van der Waals surface area (Å²) in [7, 11) is 1.64. The fraction of sp³-hybridized carbons (Fsp3) is 0.263. The van der Waals surface area contributed by atoms with Crippen molar-refractivity contribution in [3.63, 3.8) is 0 Å². The van der Waals surface area contributed by atoms with Crippen LogP contribution in [0.4, 0.5) is 5.69 Å². The number of carbonyl (C=O) groups is 2. The SMILES string of the molecule is COCc1ccc(CNC(=O)CN(CC(=O)O)c2ccccc2)cc1. The Balaban J connectivity index is 1.91. The summed E-state index contributed by atoms with van der Waals surface area (Å²) in [5.74, 6) is -1.21. The molecule has 1 amide bonds. The van der Waals surface area contributed by atoms with Crippen LogP contribution < -0.4 is 10.2 Å². The van der Waals surface area contributed by atoms with Gasteiger partial charge < -0.3 is 20.1 Å². The van der Waals surface area contributed by atoms with E-state index in [0.717, 1.165) is 11.1 Å². The van der Waals surface area contributed by atoms with Gasteiger partial charge in [-0.25, -0.2) is 0 Å². The first-order valence-electron chi connectivity index (χ1n) is 7.93. The van der Waals surface area contributed by atoms with Crippen molar-refractivity contribution >= 4 is 17.6 Å². The van der Waals surface area contributed by atoms with Crippen molar-refractivity contribution in [3.8, 4) is 0 Å². The van der Waals surface area contributed by atoms with Crippen LogP contribution in [0.1, 0.15) is 11.1 Å².